The molecule has 21 heavy (non-hydrogen) atoms. The standard InChI is InChI=1S/C15H25NO5/c1-4-15(9-17,10-18)16-8-13(19)12-7-11(20-2)5-6-14(12)21-3/h5-7,13,16-19H,4,8-10H2,1-3H3. The highest BCUT2D eigenvalue weighted by Crippen LogP contribution is 2.29. The molecule has 0 aliphatic rings. The molecule has 0 radical (unpaired) electrons. The predicted octanol–water partition coefficient (Wildman–Crippen LogP) is 0.460. The highest BCUT2D eigenvalue weighted by molar-refractivity contribution is 5.41. The van der Waals surface area contributed by atoms with E-state index < -0.39 is 11.6 Å². The highest BCUT2D eigenvalue weighted by Gasteiger charge is 2.27. The molecular weight excluding hydrogens is 274 g/mol. The fourth-order valence-corrected chi connectivity index (χ4v) is 2.03. The third-order valence-electron chi connectivity index (χ3n) is 3.75. The number of hydrogen-bond donors (Lipinski definition) is 4. The van der Waals surface area contributed by atoms with Crippen molar-refractivity contribution >= 4 is 0 Å². The zero-order valence-corrected chi connectivity index (χ0v) is 12.8. The second-order valence-corrected chi connectivity index (χ2v) is 4.95. The Hall–Kier alpha value is -1.34. The first-order valence-corrected chi connectivity index (χ1v) is 6.92. The Bertz CT molecular complexity index is 426. The van der Waals surface area contributed by atoms with Crippen LogP contribution in [0.3, 0.4) is 0 Å². The molecule has 0 heterocycles. The van der Waals surface area contributed by atoms with Crippen LogP contribution in [0.25, 0.3) is 0 Å². The predicted molar refractivity (Wildman–Crippen MR) is 79.7 cm³/mol. The van der Waals surface area contributed by atoms with Gasteiger partial charge in [-0.25, -0.2) is 0 Å². The van der Waals surface area contributed by atoms with Crippen LogP contribution in [-0.4, -0.2) is 54.8 Å². The average Bonchev–Trinajstić information content (AvgIpc) is 2.55. The van der Waals surface area contributed by atoms with Gasteiger partial charge in [0.2, 0.25) is 0 Å². The van der Waals surface area contributed by atoms with Crippen molar-refractivity contribution in [1.29, 1.82) is 0 Å². The zero-order chi connectivity index (χ0) is 15.9. The lowest BCUT2D eigenvalue weighted by Crippen LogP contribution is -2.52. The topological polar surface area (TPSA) is 91.2 Å². The molecule has 6 heteroatoms. The maximum absolute atomic E-state index is 10.3. The van der Waals surface area contributed by atoms with E-state index in [0.717, 1.165) is 0 Å². The number of nitrogens with one attached hydrogen (secondary N) is 1. The van der Waals surface area contributed by atoms with Crippen LogP contribution in [0.4, 0.5) is 0 Å². The van der Waals surface area contributed by atoms with Crippen molar-refractivity contribution in [2.45, 2.75) is 25.0 Å². The Kier molecular flexibility index (Phi) is 6.91. The highest BCUT2D eigenvalue weighted by atomic mass is 16.5. The van der Waals surface area contributed by atoms with Crippen LogP contribution in [0.2, 0.25) is 0 Å². The van der Waals surface area contributed by atoms with Crippen LogP contribution in [0, 0.1) is 0 Å². The Morgan fingerprint density at radius 3 is 2.33 bits per heavy atom. The van der Waals surface area contributed by atoms with E-state index in [2.05, 4.69) is 5.32 Å². The summed E-state index contributed by atoms with van der Waals surface area (Å²) in [4.78, 5) is 0. The lowest BCUT2D eigenvalue weighted by molar-refractivity contribution is 0.0702. The molecule has 0 aliphatic carbocycles. The van der Waals surface area contributed by atoms with Crippen molar-refractivity contribution in [2.24, 2.45) is 0 Å². The number of aliphatic hydroxyl groups excluding tert-OH is 3. The van der Waals surface area contributed by atoms with Gasteiger partial charge in [-0.3, -0.25) is 0 Å². The van der Waals surface area contributed by atoms with Crippen molar-refractivity contribution in [3.8, 4) is 11.5 Å². The summed E-state index contributed by atoms with van der Waals surface area (Å²) in [5.74, 6) is 1.18. The summed E-state index contributed by atoms with van der Waals surface area (Å²) in [6.45, 7) is 1.63. The van der Waals surface area contributed by atoms with E-state index in [1.807, 2.05) is 6.92 Å². The number of ether oxygens (including phenoxy) is 2. The Morgan fingerprint density at radius 2 is 1.86 bits per heavy atom. The number of hydrogen-bond acceptors (Lipinski definition) is 6. The summed E-state index contributed by atoms with van der Waals surface area (Å²) in [5, 5.41) is 32.2. The van der Waals surface area contributed by atoms with Crippen LogP contribution < -0.4 is 14.8 Å². The molecule has 0 saturated carbocycles. The summed E-state index contributed by atoms with van der Waals surface area (Å²) in [5.41, 5.74) is -0.210. The second kappa shape index (κ2) is 8.19. The van der Waals surface area contributed by atoms with Gasteiger partial charge in [-0.2, -0.15) is 0 Å². The molecule has 120 valence electrons. The molecule has 1 unspecified atom stereocenters. The number of β-amino-alcohol motifs (C(OH)–C–C–N with tert-alkyl or cyclic N) is 1. The van der Waals surface area contributed by atoms with Crippen LogP contribution in [-0.2, 0) is 0 Å². The van der Waals surface area contributed by atoms with Crippen molar-refractivity contribution in [1.82, 2.24) is 5.32 Å². The van der Waals surface area contributed by atoms with Crippen LogP contribution >= 0.6 is 0 Å². The normalized spacial score (nSPS) is 13.0. The third kappa shape index (κ3) is 4.31. The lowest BCUT2D eigenvalue weighted by atomic mass is 9.97. The van der Waals surface area contributed by atoms with Gasteiger partial charge in [-0.15, -0.1) is 0 Å². The number of aliphatic hydroxyl groups is 3. The average molecular weight is 299 g/mol. The van der Waals surface area contributed by atoms with Gasteiger partial charge in [-0.1, -0.05) is 6.92 Å². The van der Waals surface area contributed by atoms with E-state index in [4.69, 9.17) is 9.47 Å². The molecule has 6 nitrogen and oxygen atoms in total. The minimum Gasteiger partial charge on any atom is -0.497 e. The van der Waals surface area contributed by atoms with Gasteiger partial charge in [0.05, 0.1) is 39.1 Å². The van der Waals surface area contributed by atoms with Crippen LogP contribution in [0.5, 0.6) is 11.5 Å². The molecule has 0 aliphatic heterocycles. The van der Waals surface area contributed by atoms with E-state index in [0.29, 0.717) is 23.5 Å². The minimum absolute atomic E-state index is 0.179. The number of methoxy groups -OCH3 is 2. The monoisotopic (exact) mass is 299 g/mol. The first-order chi connectivity index (χ1) is 10.1. The van der Waals surface area contributed by atoms with Crippen molar-refractivity contribution in [3.63, 3.8) is 0 Å². The largest absolute Gasteiger partial charge is 0.497 e. The number of benzene rings is 1. The molecular formula is C15H25NO5. The molecule has 1 aromatic carbocycles. The smallest absolute Gasteiger partial charge is 0.124 e. The van der Waals surface area contributed by atoms with Crippen molar-refractivity contribution in [2.75, 3.05) is 34.0 Å². The summed E-state index contributed by atoms with van der Waals surface area (Å²) >= 11 is 0. The van der Waals surface area contributed by atoms with Crippen LogP contribution in [0.1, 0.15) is 25.0 Å². The van der Waals surface area contributed by atoms with E-state index in [1.165, 1.54) is 7.11 Å². The Balaban J connectivity index is 2.85. The maximum atomic E-state index is 10.3. The zero-order valence-electron chi connectivity index (χ0n) is 12.8. The van der Waals surface area contributed by atoms with Gasteiger partial charge in [0, 0.05) is 12.1 Å². The SMILES string of the molecule is CCC(CO)(CO)NCC(O)c1cc(OC)ccc1OC. The summed E-state index contributed by atoms with van der Waals surface area (Å²) in [6, 6.07) is 5.18. The quantitative estimate of drug-likeness (QED) is 0.529. The van der Waals surface area contributed by atoms with Crippen LogP contribution in [0.15, 0.2) is 18.2 Å². The fraction of sp³-hybridized carbons (Fsp3) is 0.600. The molecule has 0 fully saturated rings. The Morgan fingerprint density at radius 1 is 1.19 bits per heavy atom. The summed E-state index contributed by atoms with van der Waals surface area (Å²) in [6.07, 6.45) is -0.304. The minimum atomic E-state index is -0.848. The molecule has 0 saturated heterocycles. The molecule has 0 bridgehead atoms. The van der Waals surface area contributed by atoms with E-state index in [9.17, 15) is 15.3 Å². The van der Waals surface area contributed by atoms with Gasteiger partial charge in [0.15, 0.2) is 0 Å². The second-order valence-electron chi connectivity index (χ2n) is 4.95. The Labute approximate surface area is 125 Å². The van der Waals surface area contributed by atoms with Crippen molar-refractivity contribution in [3.05, 3.63) is 23.8 Å². The van der Waals surface area contributed by atoms with Gasteiger partial charge in [0.25, 0.3) is 0 Å². The van der Waals surface area contributed by atoms with E-state index in [1.54, 1.807) is 25.3 Å². The molecule has 4 N–H and O–H groups in total. The van der Waals surface area contributed by atoms with E-state index in [-0.39, 0.29) is 19.8 Å². The first-order valence-electron chi connectivity index (χ1n) is 6.92. The summed E-state index contributed by atoms with van der Waals surface area (Å²) in [7, 11) is 3.08. The van der Waals surface area contributed by atoms with Gasteiger partial charge >= 0.3 is 0 Å². The lowest BCUT2D eigenvalue weighted by Gasteiger charge is -2.31. The molecule has 0 aromatic heterocycles. The third-order valence-corrected chi connectivity index (χ3v) is 3.75. The molecule has 1 aromatic rings. The first kappa shape index (κ1) is 17.7. The number of rotatable bonds is 9. The van der Waals surface area contributed by atoms with Gasteiger partial charge in [0.1, 0.15) is 11.5 Å². The van der Waals surface area contributed by atoms with E-state index >= 15 is 0 Å². The molecule has 0 amide bonds. The molecule has 1 rings (SSSR count). The summed E-state index contributed by atoms with van der Waals surface area (Å²) < 4.78 is 10.4. The molecule has 1 atom stereocenters. The molecule has 0 spiro atoms. The fourth-order valence-electron chi connectivity index (χ4n) is 2.03. The van der Waals surface area contributed by atoms with Crippen molar-refractivity contribution < 1.29 is 24.8 Å². The van der Waals surface area contributed by atoms with Gasteiger partial charge < -0.3 is 30.1 Å². The van der Waals surface area contributed by atoms with Gasteiger partial charge in [-0.05, 0) is 24.6 Å². The maximum Gasteiger partial charge on any atom is 0.124 e.